The second kappa shape index (κ2) is 14.1. The summed E-state index contributed by atoms with van der Waals surface area (Å²) in [5.41, 5.74) is 1.62. The number of nitrogens with one attached hydrogen (secondary N) is 1. The van der Waals surface area contributed by atoms with Crippen molar-refractivity contribution in [3.8, 4) is 11.5 Å². The molecule has 5 rings (SSSR count). The van der Waals surface area contributed by atoms with Crippen LogP contribution >= 0.6 is 0 Å². The van der Waals surface area contributed by atoms with E-state index in [0.717, 1.165) is 24.8 Å². The zero-order valence-corrected chi connectivity index (χ0v) is 25.3. The van der Waals surface area contributed by atoms with E-state index < -0.39 is 22.0 Å². The largest absolute Gasteiger partial charge is 0.494 e. The number of anilines is 1. The predicted octanol–water partition coefficient (Wildman–Crippen LogP) is 4.56. The Kier molecular flexibility index (Phi) is 9.99. The van der Waals surface area contributed by atoms with E-state index in [9.17, 15) is 18.0 Å². The Morgan fingerprint density at radius 1 is 0.953 bits per heavy atom. The topological polar surface area (TPSA) is 105 Å². The van der Waals surface area contributed by atoms with E-state index in [-0.39, 0.29) is 29.9 Å². The van der Waals surface area contributed by atoms with Crippen LogP contribution in [-0.2, 0) is 26.0 Å². The van der Waals surface area contributed by atoms with Crippen molar-refractivity contribution in [2.45, 2.75) is 62.5 Å². The highest BCUT2D eigenvalue weighted by molar-refractivity contribution is 7.89. The molecule has 0 spiro atoms. The molecule has 43 heavy (non-hydrogen) atoms. The third kappa shape index (κ3) is 7.37. The fourth-order valence-electron chi connectivity index (χ4n) is 5.70. The maximum absolute atomic E-state index is 14.0. The number of para-hydroxylation sites is 2. The lowest BCUT2D eigenvalue weighted by Gasteiger charge is -2.37. The summed E-state index contributed by atoms with van der Waals surface area (Å²) in [6, 6.07) is 22.9. The minimum Gasteiger partial charge on any atom is -0.494 e. The van der Waals surface area contributed by atoms with Gasteiger partial charge in [-0.25, -0.2) is 8.42 Å². The van der Waals surface area contributed by atoms with Gasteiger partial charge in [-0.1, -0.05) is 61.7 Å². The molecule has 2 aliphatic rings. The molecule has 1 atom stereocenters. The number of fused-ring (bicyclic) bond motifs is 1. The van der Waals surface area contributed by atoms with Crippen molar-refractivity contribution in [3.63, 3.8) is 0 Å². The van der Waals surface area contributed by atoms with Crippen molar-refractivity contribution in [2.75, 3.05) is 31.1 Å². The second-order valence-electron chi connectivity index (χ2n) is 10.9. The summed E-state index contributed by atoms with van der Waals surface area (Å²) in [4.78, 5) is 28.8. The van der Waals surface area contributed by atoms with Crippen LogP contribution in [0.5, 0.6) is 11.5 Å². The molecule has 3 aromatic rings. The SMILES string of the molecule is CCOc1ccc(S(=O)(=O)N(CC(=O)N2CC(C(=O)NCCc3ccccc3)Oc3ccccc32)C2CCCCC2)cc1. The van der Waals surface area contributed by atoms with Crippen LogP contribution in [0.2, 0.25) is 0 Å². The molecule has 0 radical (unpaired) electrons. The molecule has 1 fully saturated rings. The van der Waals surface area contributed by atoms with Crippen molar-refractivity contribution >= 4 is 27.5 Å². The summed E-state index contributed by atoms with van der Waals surface area (Å²) in [5.74, 6) is 0.260. The van der Waals surface area contributed by atoms with Crippen LogP contribution in [0, 0.1) is 0 Å². The average molecular weight is 606 g/mol. The zero-order chi connectivity index (χ0) is 30.2. The lowest BCUT2D eigenvalue weighted by Crippen LogP contribution is -2.54. The van der Waals surface area contributed by atoms with Crippen LogP contribution in [-0.4, -0.2) is 62.9 Å². The smallest absolute Gasteiger partial charge is 0.262 e. The average Bonchev–Trinajstić information content (AvgIpc) is 3.04. The summed E-state index contributed by atoms with van der Waals surface area (Å²) in [5, 5.41) is 2.92. The molecule has 1 saturated carbocycles. The van der Waals surface area contributed by atoms with Gasteiger partial charge >= 0.3 is 0 Å². The highest BCUT2D eigenvalue weighted by Gasteiger charge is 2.38. The van der Waals surface area contributed by atoms with Gasteiger partial charge in [0, 0.05) is 12.6 Å². The summed E-state index contributed by atoms with van der Waals surface area (Å²) in [7, 11) is -3.99. The maximum atomic E-state index is 14.0. The fourth-order valence-corrected chi connectivity index (χ4v) is 7.34. The third-order valence-electron chi connectivity index (χ3n) is 7.94. The highest BCUT2D eigenvalue weighted by atomic mass is 32.2. The number of amides is 2. The first-order chi connectivity index (χ1) is 20.9. The maximum Gasteiger partial charge on any atom is 0.262 e. The number of carbonyl (C=O) groups excluding carboxylic acids is 2. The number of carbonyl (C=O) groups is 2. The standard InChI is InChI=1S/C33H39N3O6S/c1-2-41-27-17-19-28(20-18-27)43(39,40)36(26-13-7-4-8-14-26)24-32(37)35-23-31(42-30-16-10-9-15-29(30)35)33(38)34-22-21-25-11-5-3-6-12-25/h3,5-6,9-12,15-20,26,31H,2,4,7-8,13-14,21-24H2,1H3,(H,34,38). The first-order valence-electron chi connectivity index (χ1n) is 15.0. The molecule has 0 saturated heterocycles. The van der Waals surface area contributed by atoms with Crippen LogP contribution in [0.15, 0.2) is 83.8 Å². The Morgan fingerprint density at radius 3 is 2.37 bits per heavy atom. The van der Waals surface area contributed by atoms with Gasteiger partial charge in [-0.2, -0.15) is 4.31 Å². The Balaban J connectivity index is 1.35. The number of nitrogens with zero attached hydrogens (tertiary/aromatic N) is 2. The van der Waals surface area contributed by atoms with Crippen molar-refractivity contribution in [3.05, 3.63) is 84.4 Å². The third-order valence-corrected chi connectivity index (χ3v) is 9.85. The lowest BCUT2D eigenvalue weighted by molar-refractivity contribution is -0.128. The highest BCUT2D eigenvalue weighted by Crippen LogP contribution is 2.34. The molecule has 1 heterocycles. The van der Waals surface area contributed by atoms with Gasteiger partial charge in [-0.15, -0.1) is 0 Å². The van der Waals surface area contributed by atoms with Crippen LogP contribution in [0.4, 0.5) is 5.69 Å². The molecule has 1 unspecified atom stereocenters. The van der Waals surface area contributed by atoms with E-state index in [1.807, 2.05) is 37.3 Å². The van der Waals surface area contributed by atoms with Gasteiger partial charge in [0.05, 0.1) is 30.3 Å². The molecule has 228 valence electrons. The first kappa shape index (κ1) is 30.6. The molecule has 1 aliphatic carbocycles. The number of sulfonamides is 1. The molecule has 3 aromatic carbocycles. The van der Waals surface area contributed by atoms with Crippen molar-refractivity contribution in [1.29, 1.82) is 0 Å². The van der Waals surface area contributed by atoms with Crippen molar-refractivity contribution in [1.82, 2.24) is 9.62 Å². The number of benzene rings is 3. The van der Waals surface area contributed by atoms with E-state index >= 15 is 0 Å². The Hall–Kier alpha value is -3.89. The molecule has 1 N–H and O–H groups in total. The minimum atomic E-state index is -3.99. The monoisotopic (exact) mass is 605 g/mol. The van der Waals surface area contributed by atoms with Gasteiger partial charge in [0.25, 0.3) is 5.91 Å². The number of hydrogen-bond acceptors (Lipinski definition) is 6. The molecular formula is C33H39N3O6S. The molecule has 1 aliphatic heterocycles. The number of rotatable bonds is 11. The van der Waals surface area contributed by atoms with Crippen LogP contribution in [0.1, 0.15) is 44.6 Å². The summed E-state index contributed by atoms with van der Waals surface area (Å²) in [6.07, 6.45) is 3.96. The van der Waals surface area contributed by atoms with Crippen LogP contribution < -0.4 is 19.7 Å². The first-order valence-corrected chi connectivity index (χ1v) is 16.4. The van der Waals surface area contributed by atoms with Crippen molar-refractivity contribution in [2.24, 2.45) is 0 Å². The minimum absolute atomic E-state index is 0.0192. The van der Waals surface area contributed by atoms with E-state index in [2.05, 4.69) is 5.32 Å². The van der Waals surface area contributed by atoms with E-state index in [1.165, 1.54) is 21.3 Å². The van der Waals surface area contributed by atoms with E-state index in [1.54, 1.807) is 36.4 Å². The molecule has 9 nitrogen and oxygen atoms in total. The predicted molar refractivity (Wildman–Crippen MR) is 165 cm³/mol. The van der Waals surface area contributed by atoms with Gasteiger partial charge < -0.3 is 19.7 Å². The molecule has 0 bridgehead atoms. The Labute approximate surface area is 253 Å². The Bertz CT molecular complexity index is 1490. The summed E-state index contributed by atoms with van der Waals surface area (Å²) >= 11 is 0. The van der Waals surface area contributed by atoms with Crippen LogP contribution in [0.25, 0.3) is 0 Å². The second-order valence-corrected chi connectivity index (χ2v) is 12.7. The number of ether oxygens (including phenoxy) is 2. The molecule has 0 aromatic heterocycles. The van der Waals surface area contributed by atoms with Gasteiger partial charge in [0.15, 0.2) is 6.10 Å². The number of hydrogen-bond donors (Lipinski definition) is 1. The van der Waals surface area contributed by atoms with Crippen LogP contribution in [0.3, 0.4) is 0 Å². The van der Waals surface area contributed by atoms with Gasteiger partial charge in [-0.05, 0) is 68.1 Å². The normalized spacial score (nSPS) is 17.2. The van der Waals surface area contributed by atoms with Gasteiger partial charge in [0.2, 0.25) is 15.9 Å². The van der Waals surface area contributed by atoms with Gasteiger partial charge in [-0.3, -0.25) is 9.59 Å². The van der Waals surface area contributed by atoms with Gasteiger partial charge in [0.1, 0.15) is 11.5 Å². The lowest BCUT2D eigenvalue weighted by atomic mass is 9.95. The zero-order valence-electron chi connectivity index (χ0n) is 24.5. The molecule has 10 heteroatoms. The Morgan fingerprint density at radius 2 is 1.65 bits per heavy atom. The summed E-state index contributed by atoms with van der Waals surface area (Å²) in [6.45, 7) is 2.41. The van der Waals surface area contributed by atoms with Crippen molar-refractivity contribution < 1.29 is 27.5 Å². The fraction of sp³-hybridized carbons (Fsp3) is 0.394. The van der Waals surface area contributed by atoms with E-state index in [4.69, 9.17) is 9.47 Å². The molecule has 2 amide bonds. The summed E-state index contributed by atoms with van der Waals surface area (Å²) < 4.78 is 40.9. The quantitative estimate of drug-likeness (QED) is 0.344. The van der Waals surface area contributed by atoms with E-state index in [0.29, 0.717) is 49.6 Å². The molecular weight excluding hydrogens is 566 g/mol.